The summed E-state index contributed by atoms with van der Waals surface area (Å²) in [5.74, 6) is 0.832. The molecule has 0 aromatic heterocycles. The molecule has 0 aliphatic carbocycles. The van der Waals surface area contributed by atoms with Gasteiger partial charge < -0.3 is 15.3 Å². The van der Waals surface area contributed by atoms with Crippen LogP contribution in [0.15, 0.2) is 12.1 Å². The van der Waals surface area contributed by atoms with Gasteiger partial charge in [0.25, 0.3) is 0 Å². The zero-order valence-corrected chi connectivity index (χ0v) is 12.8. The molecule has 3 N–H and O–H groups in total. The van der Waals surface area contributed by atoms with E-state index in [0.717, 1.165) is 37.1 Å². The van der Waals surface area contributed by atoms with E-state index in [0.29, 0.717) is 18.3 Å². The molecule has 1 unspecified atom stereocenters. The maximum atomic E-state index is 10.5. The molecule has 2 aliphatic rings. The molecule has 1 aromatic carbocycles. The molecule has 21 heavy (non-hydrogen) atoms. The van der Waals surface area contributed by atoms with Gasteiger partial charge in [0.1, 0.15) is 0 Å². The van der Waals surface area contributed by atoms with Crippen LogP contribution < -0.4 is 0 Å². The van der Waals surface area contributed by atoms with Crippen LogP contribution >= 0.6 is 0 Å². The molecule has 0 saturated carbocycles. The molecule has 1 aromatic rings. The second-order valence-electron chi connectivity index (χ2n) is 6.99. The van der Waals surface area contributed by atoms with E-state index in [1.54, 1.807) is 12.1 Å². The van der Waals surface area contributed by atoms with Crippen LogP contribution in [0.5, 0.6) is 11.5 Å². The van der Waals surface area contributed by atoms with Gasteiger partial charge in [-0.2, -0.15) is 0 Å². The number of phenolic OH excluding ortho intramolecular Hbond substituents is 2. The Morgan fingerprint density at radius 1 is 1.24 bits per heavy atom. The Kier molecular flexibility index (Phi) is 3.84. The number of nitrogens with zero attached hydrogens (tertiary/aromatic N) is 1. The number of piperidine rings is 1. The predicted octanol–water partition coefficient (Wildman–Crippen LogP) is 2.42. The van der Waals surface area contributed by atoms with Gasteiger partial charge in [0, 0.05) is 19.1 Å². The zero-order valence-electron chi connectivity index (χ0n) is 12.8. The van der Waals surface area contributed by atoms with Crippen molar-refractivity contribution in [2.75, 3.05) is 13.1 Å². The number of rotatable bonds is 2. The minimum Gasteiger partial charge on any atom is -0.504 e. The first-order valence-corrected chi connectivity index (χ1v) is 7.92. The fourth-order valence-corrected chi connectivity index (χ4v) is 3.96. The lowest BCUT2D eigenvalue weighted by atomic mass is 9.79. The minimum absolute atomic E-state index is 0.0451. The summed E-state index contributed by atoms with van der Waals surface area (Å²) in [7, 11) is 0. The highest BCUT2D eigenvalue weighted by Gasteiger charge is 2.38. The lowest BCUT2D eigenvalue weighted by molar-refractivity contribution is -0.0191. The van der Waals surface area contributed by atoms with Crippen molar-refractivity contribution in [2.45, 2.75) is 45.3 Å². The lowest BCUT2D eigenvalue weighted by Gasteiger charge is -2.46. The normalized spacial score (nSPS) is 29.2. The Labute approximate surface area is 126 Å². The maximum Gasteiger partial charge on any atom is 0.157 e. The van der Waals surface area contributed by atoms with E-state index < -0.39 is 0 Å². The summed E-state index contributed by atoms with van der Waals surface area (Å²) in [4.78, 5) is 2.43. The monoisotopic (exact) mass is 291 g/mol. The average molecular weight is 291 g/mol. The van der Waals surface area contributed by atoms with Gasteiger partial charge in [-0.3, -0.25) is 4.90 Å². The Hall–Kier alpha value is -1.26. The fourth-order valence-electron chi connectivity index (χ4n) is 3.96. The SMILES string of the molecule is CC(C)CC1CN2CCc3cc(O)c(O)cc3[C@H]2C[C@@H]1O. The van der Waals surface area contributed by atoms with Crippen molar-refractivity contribution in [3.63, 3.8) is 0 Å². The van der Waals surface area contributed by atoms with Crippen molar-refractivity contribution in [1.82, 2.24) is 4.90 Å². The Morgan fingerprint density at radius 2 is 1.95 bits per heavy atom. The average Bonchev–Trinajstić information content (AvgIpc) is 2.41. The van der Waals surface area contributed by atoms with Gasteiger partial charge >= 0.3 is 0 Å². The van der Waals surface area contributed by atoms with Crippen molar-refractivity contribution in [3.05, 3.63) is 23.3 Å². The molecule has 4 nitrogen and oxygen atoms in total. The number of hydrogen-bond donors (Lipinski definition) is 3. The van der Waals surface area contributed by atoms with Crippen molar-refractivity contribution >= 4 is 0 Å². The minimum atomic E-state index is -0.282. The highest BCUT2D eigenvalue weighted by Crippen LogP contribution is 2.42. The van der Waals surface area contributed by atoms with Gasteiger partial charge in [0.2, 0.25) is 0 Å². The van der Waals surface area contributed by atoms with Crippen LogP contribution in [-0.2, 0) is 6.42 Å². The lowest BCUT2D eigenvalue weighted by Crippen LogP contribution is -2.48. The largest absolute Gasteiger partial charge is 0.504 e. The van der Waals surface area contributed by atoms with E-state index >= 15 is 0 Å². The summed E-state index contributed by atoms with van der Waals surface area (Å²) in [5.41, 5.74) is 2.17. The van der Waals surface area contributed by atoms with Crippen molar-refractivity contribution in [3.8, 4) is 11.5 Å². The van der Waals surface area contributed by atoms with Crippen molar-refractivity contribution in [1.29, 1.82) is 0 Å². The molecule has 2 aliphatic heterocycles. The van der Waals surface area contributed by atoms with Gasteiger partial charge in [-0.05, 0) is 54.4 Å². The molecule has 0 spiro atoms. The number of aliphatic hydroxyl groups excluding tert-OH is 1. The van der Waals surface area contributed by atoms with E-state index in [4.69, 9.17) is 0 Å². The Balaban J connectivity index is 1.85. The van der Waals surface area contributed by atoms with E-state index in [-0.39, 0.29) is 23.6 Å². The molecule has 3 rings (SSSR count). The molecule has 0 bridgehead atoms. The Morgan fingerprint density at radius 3 is 2.67 bits per heavy atom. The smallest absolute Gasteiger partial charge is 0.157 e. The summed E-state index contributed by atoms with van der Waals surface area (Å²) in [5, 5.41) is 29.9. The van der Waals surface area contributed by atoms with Crippen LogP contribution in [0.4, 0.5) is 0 Å². The van der Waals surface area contributed by atoms with Crippen LogP contribution in [0.2, 0.25) is 0 Å². The fraction of sp³-hybridized carbons (Fsp3) is 0.647. The van der Waals surface area contributed by atoms with Crippen LogP contribution in [-0.4, -0.2) is 39.4 Å². The standard InChI is InChI=1S/C17H25NO3/c1-10(2)5-12-9-18-4-3-11-6-16(20)17(21)7-13(11)14(18)8-15(12)19/h6-7,10,12,14-15,19-21H,3-5,8-9H2,1-2H3/t12?,14-,15+/m1/s1. The molecule has 3 atom stereocenters. The van der Waals surface area contributed by atoms with Crippen LogP contribution in [0.25, 0.3) is 0 Å². The first kappa shape index (κ1) is 14.7. The predicted molar refractivity (Wildman–Crippen MR) is 81.4 cm³/mol. The molecule has 0 amide bonds. The summed E-state index contributed by atoms with van der Waals surface area (Å²) in [6.07, 6.45) is 2.38. The topological polar surface area (TPSA) is 63.9 Å². The molecule has 4 heteroatoms. The summed E-state index contributed by atoms with van der Waals surface area (Å²) < 4.78 is 0. The van der Waals surface area contributed by atoms with E-state index in [1.165, 1.54) is 0 Å². The molecular weight excluding hydrogens is 266 g/mol. The molecule has 1 fully saturated rings. The molecule has 2 heterocycles. The van der Waals surface area contributed by atoms with Crippen LogP contribution in [0.1, 0.15) is 43.9 Å². The molecule has 116 valence electrons. The highest BCUT2D eigenvalue weighted by molar-refractivity contribution is 5.48. The quantitative estimate of drug-likeness (QED) is 0.732. The van der Waals surface area contributed by atoms with Gasteiger partial charge in [0.05, 0.1) is 6.10 Å². The maximum absolute atomic E-state index is 10.5. The molecule has 1 saturated heterocycles. The van der Waals surface area contributed by atoms with Crippen molar-refractivity contribution < 1.29 is 15.3 Å². The number of phenols is 2. The van der Waals surface area contributed by atoms with E-state index in [2.05, 4.69) is 18.7 Å². The van der Waals surface area contributed by atoms with Gasteiger partial charge in [-0.1, -0.05) is 13.8 Å². The number of hydrogen-bond acceptors (Lipinski definition) is 4. The number of aromatic hydroxyl groups is 2. The zero-order chi connectivity index (χ0) is 15.1. The van der Waals surface area contributed by atoms with Gasteiger partial charge in [0.15, 0.2) is 11.5 Å². The molecular formula is C17H25NO3. The second-order valence-corrected chi connectivity index (χ2v) is 6.99. The van der Waals surface area contributed by atoms with Gasteiger partial charge in [-0.15, -0.1) is 0 Å². The highest BCUT2D eigenvalue weighted by atomic mass is 16.3. The number of aliphatic hydroxyl groups is 1. The Bertz CT molecular complexity index is 529. The summed E-state index contributed by atoms with van der Waals surface area (Å²) in [6.45, 7) is 6.28. The third-order valence-electron chi connectivity index (χ3n) is 4.96. The molecule has 0 radical (unpaired) electrons. The van der Waals surface area contributed by atoms with Crippen LogP contribution in [0.3, 0.4) is 0 Å². The summed E-state index contributed by atoms with van der Waals surface area (Å²) >= 11 is 0. The summed E-state index contributed by atoms with van der Waals surface area (Å²) in [6, 6.07) is 3.52. The van der Waals surface area contributed by atoms with Crippen molar-refractivity contribution in [2.24, 2.45) is 11.8 Å². The van der Waals surface area contributed by atoms with Gasteiger partial charge in [-0.25, -0.2) is 0 Å². The second kappa shape index (κ2) is 5.50. The first-order valence-electron chi connectivity index (χ1n) is 7.92. The number of benzene rings is 1. The van der Waals surface area contributed by atoms with Crippen LogP contribution in [0, 0.1) is 11.8 Å². The third-order valence-corrected chi connectivity index (χ3v) is 4.96. The van der Waals surface area contributed by atoms with E-state index in [9.17, 15) is 15.3 Å². The van der Waals surface area contributed by atoms with E-state index in [1.807, 2.05) is 0 Å². The number of fused-ring (bicyclic) bond motifs is 3. The third kappa shape index (κ3) is 2.74. The first-order chi connectivity index (χ1) is 9.95.